The molecule has 0 unspecified atom stereocenters. The van der Waals surface area contributed by atoms with Crippen LogP contribution < -0.4 is 10.6 Å². The normalized spacial score (nSPS) is 19.6. The number of nitrogens with zero attached hydrogens (tertiary/aromatic N) is 4. The van der Waals surface area contributed by atoms with Gasteiger partial charge >= 0.3 is 5.97 Å². The standard InChI is InChI=1S/C25H24N6O3/c1-16-8-10-25(15-30-16,31-23-20(24(33)34-2)17(14-26)9-13-29-23)21(32)18-6-3-4-7-19(18)22-27-11-5-12-28-22/h3-7,9,11-13,16,30H,8,10,15H2,1-2H3,(H,29,31)/t16-,25-/m1/s1. The first-order valence-electron chi connectivity index (χ1n) is 10.9. The lowest BCUT2D eigenvalue weighted by atomic mass is 9.79. The molecule has 0 spiro atoms. The number of methoxy groups -OCH3 is 1. The molecule has 172 valence electrons. The summed E-state index contributed by atoms with van der Waals surface area (Å²) >= 11 is 0. The van der Waals surface area contributed by atoms with Crippen LogP contribution in [0.2, 0.25) is 0 Å². The molecule has 0 saturated carbocycles. The lowest BCUT2D eigenvalue weighted by molar-refractivity contribution is 0.0600. The topological polar surface area (TPSA) is 130 Å². The van der Waals surface area contributed by atoms with Crippen molar-refractivity contribution in [3.8, 4) is 17.5 Å². The zero-order chi connectivity index (χ0) is 24.1. The first-order chi connectivity index (χ1) is 16.5. The second kappa shape index (κ2) is 9.77. The number of aromatic nitrogens is 3. The van der Waals surface area contributed by atoms with E-state index in [1.54, 1.807) is 30.6 Å². The fraction of sp³-hybridized carbons (Fsp3) is 0.280. The Balaban J connectivity index is 1.82. The lowest BCUT2D eigenvalue weighted by Gasteiger charge is -2.40. The van der Waals surface area contributed by atoms with Gasteiger partial charge in [-0.3, -0.25) is 4.79 Å². The van der Waals surface area contributed by atoms with Crippen LogP contribution in [0.25, 0.3) is 11.4 Å². The van der Waals surface area contributed by atoms with E-state index in [4.69, 9.17) is 4.74 Å². The largest absolute Gasteiger partial charge is 0.465 e. The molecule has 3 heterocycles. The van der Waals surface area contributed by atoms with Gasteiger partial charge in [-0.05, 0) is 31.9 Å². The van der Waals surface area contributed by atoms with Crippen molar-refractivity contribution in [1.82, 2.24) is 20.3 Å². The van der Waals surface area contributed by atoms with Crippen molar-refractivity contribution >= 4 is 17.6 Å². The molecule has 0 aliphatic carbocycles. The average molecular weight is 457 g/mol. The number of rotatable bonds is 6. The van der Waals surface area contributed by atoms with E-state index in [0.717, 1.165) is 0 Å². The first-order valence-corrected chi connectivity index (χ1v) is 10.9. The van der Waals surface area contributed by atoms with Crippen LogP contribution in [0.1, 0.15) is 46.0 Å². The van der Waals surface area contributed by atoms with Crippen LogP contribution in [0.15, 0.2) is 55.0 Å². The van der Waals surface area contributed by atoms with E-state index >= 15 is 0 Å². The molecule has 0 amide bonds. The Morgan fingerprint density at radius 2 is 1.91 bits per heavy atom. The third-order valence-corrected chi connectivity index (χ3v) is 5.99. The summed E-state index contributed by atoms with van der Waals surface area (Å²) in [6.45, 7) is 2.35. The number of esters is 1. The number of hydrogen-bond donors (Lipinski definition) is 2. The van der Waals surface area contributed by atoms with E-state index in [0.29, 0.717) is 36.3 Å². The lowest BCUT2D eigenvalue weighted by Crippen LogP contribution is -2.59. The van der Waals surface area contributed by atoms with Crippen molar-refractivity contribution < 1.29 is 14.3 Å². The molecule has 34 heavy (non-hydrogen) atoms. The minimum absolute atomic E-state index is 0.00188. The number of nitriles is 1. The molecule has 3 aromatic rings. The summed E-state index contributed by atoms with van der Waals surface area (Å²) in [4.78, 5) is 39.6. The predicted octanol–water partition coefficient (Wildman–Crippen LogP) is 3.00. The summed E-state index contributed by atoms with van der Waals surface area (Å²) in [5, 5.41) is 16.1. The van der Waals surface area contributed by atoms with Crippen molar-refractivity contribution in [1.29, 1.82) is 5.26 Å². The summed E-state index contributed by atoms with van der Waals surface area (Å²) < 4.78 is 4.89. The van der Waals surface area contributed by atoms with E-state index < -0.39 is 11.5 Å². The van der Waals surface area contributed by atoms with Gasteiger partial charge in [0.05, 0.1) is 12.7 Å². The number of ether oxygens (including phenoxy) is 1. The molecule has 1 saturated heterocycles. The van der Waals surface area contributed by atoms with Gasteiger partial charge in [-0.1, -0.05) is 24.3 Å². The number of pyridine rings is 1. The number of anilines is 1. The zero-order valence-electron chi connectivity index (χ0n) is 18.9. The highest BCUT2D eigenvalue weighted by molar-refractivity contribution is 6.10. The van der Waals surface area contributed by atoms with Crippen molar-refractivity contribution in [2.24, 2.45) is 0 Å². The minimum atomic E-state index is -1.12. The average Bonchev–Trinajstić information content (AvgIpc) is 2.89. The summed E-state index contributed by atoms with van der Waals surface area (Å²) in [6, 6.07) is 12.5. The highest BCUT2D eigenvalue weighted by atomic mass is 16.5. The van der Waals surface area contributed by atoms with Gasteiger partial charge in [-0.25, -0.2) is 19.7 Å². The van der Waals surface area contributed by atoms with Gasteiger partial charge < -0.3 is 15.4 Å². The summed E-state index contributed by atoms with van der Waals surface area (Å²) in [6.07, 6.45) is 5.89. The number of carbonyl (C=O) groups excluding carboxylic acids is 2. The number of hydrogen-bond acceptors (Lipinski definition) is 9. The smallest absolute Gasteiger partial charge is 0.342 e. The number of ketones is 1. The number of nitrogens with one attached hydrogen (secondary N) is 2. The van der Waals surface area contributed by atoms with Crippen LogP contribution in [-0.4, -0.2) is 51.9 Å². The van der Waals surface area contributed by atoms with Crippen LogP contribution in [-0.2, 0) is 4.74 Å². The van der Waals surface area contributed by atoms with Crippen LogP contribution in [0.3, 0.4) is 0 Å². The highest BCUT2D eigenvalue weighted by Crippen LogP contribution is 2.32. The van der Waals surface area contributed by atoms with Crippen LogP contribution in [0, 0.1) is 11.3 Å². The first kappa shape index (κ1) is 23.0. The van der Waals surface area contributed by atoms with Gasteiger partial charge in [-0.2, -0.15) is 5.26 Å². The van der Waals surface area contributed by atoms with Crippen molar-refractivity contribution in [3.63, 3.8) is 0 Å². The molecule has 1 fully saturated rings. The maximum Gasteiger partial charge on any atom is 0.342 e. The van der Waals surface area contributed by atoms with Gasteiger partial charge in [0.15, 0.2) is 11.6 Å². The van der Waals surface area contributed by atoms with Gasteiger partial charge in [0.2, 0.25) is 0 Å². The van der Waals surface area contributed by atoms with E-state index in [1.807, 2.05) is 18.2 Å². The molecule has 0 radical (unpaired) electrons. The van der Waals surface area contributed by atoms with Crippen LogP contribution >= 0.6 is 0 Å². The Hall–Kier alpha value is -4.16. The molecule has 2 N–H and O–H groups in total. The quantitative estimate of drug-likeness (QED) is 0.424. The maximum atomic E-state index is 14.2. The van der Waals surface area contributed by atoms with Crippen LogP contribution in [0.4, 0.5) is 5.82 Å². The summed E-state index contributed by atoms with van der Waals surface area (Å²) in [5.74, 6) is -0.317. The molecular weight excluding hydrogens is 432 g/mol. The molecule has 9 nitrogen and oxygen atoms in total. The summed E-state index contributed by atoms with van der Waals surface area (Å²) in [7, 11) is 1.24. The van der Waals surface area contributed by atoms with Gasteiger partial charge in [0.25, 0.3) is 0 Å². The van der Waals surface area contributed by atoms with Gasteiger partial charge in [-0.15, -0.1) is 0 Å². The minimum Gasteiger partial charge on any atom is -0.465 e. The van der Waals surface area contributed by atoms with E-state index in [2.05, 4.69) is 32.5 Å². The van der Waals surface area contributed by atoms with E-state index in [-0.39, 0.29) is 28.8 Å². The Morgan fingerprint density at radius 1 is 1.15 bits per heavy atom. The van der Waals surface area contributed by atoms with Crippen molar-refractivity contribution in [2.45, 2.75) is 31.3 Å². The SMILES string of the molecule is COC(=O)c1c(C#N)ccnc1N[C@]1(C(=O)c2ccccc2-c2ncccn2)CC[C@@H](C)NC1. The van der Waals surface area contributed by atoms with E-state index in [1.165, 1.54) is 19.4 Å². The van der Waals surface area contributed by atoms with E-state index in [9.17, 15) is 14.9 Å². The molecule has 1 aliphatic rings. The second-order valence-corrected chi connectivity index (χ2v) is 8.16. The third kappa shape index (κ3) is 4.36. The molecule has 0 bridgehead atoms. The molecule has 2 atom stereocenters. The molecule has 1 aliphatic heterocycles. The van der Waals surface area contributed by atoms with Crippen molar-refractivity contribution in [2.75, 3.05) is 19.0 Å². The summed E-state index contributed by atoms with van der Waals surface area (Å²) in [5.41, 5.74) is 0.0508. The fourth-order valence-corrected chi connectivity index (χ4v) is 4.12. The van der Waals surface area contributed by atoms with Gasteiger partial charge in [0.1, 0.15) is 23.0 Å². The molecule has 2 aromatic heterocycles. The number of carbonyl (C=O) groups is 2. The molecule has 9 heteroatoms. The monoisotopic (exact) mass is 456 g/mol. The predicted molar refractivity (Wildman–Crippen MR) is 125 cm³/mol. The Morgan fingerprint density at radius 3 is 2.59 bits per heavy atom. The van der Waals surface area contributed by atoms with Crippen molar-refractivity contribution in [3.05, 3.63) is 71.7 Å². The fourth-order valence-electron chi connectivity index (χ4n) is 4.12. The molecule has 1 aromatic carbocycles. The number of benzene rings is 1. The highest BCUT2D eigenvalue weighted by Gasteiger charge is 2.43. The third-order valence-electron chi connectivity index (χ3n) is 5.99. The maximum absolute atomic E-state index is 14.2. The Bertz CT molecular complexity index is 1250. The Kier molecular flexibility index (Phi) is 6.61. The zero-order valence-corrected chi connectivity index (χ0v) is 18.9. The number of Topliss-reactive ketones (excluding diaryl/α,β-unsaturated/α-hetero) is 1. The molecule has 4 rings (SSSR count). The molecular formula is C25H24N6O3. The number of piperidine rings is 1. The Labute approximate surface area is 197 Å². The van der Waals surface area contributed by atoms with Gasteiger partial charge in [0, 0.05) is 42.3 Å². The van der Waals surface area contributed by atoms with Crippen LogP contribution in [0.5, 0.6) is 0 Å². The second-order valence-electron chi connectivity index (χ2n) is 8.16.